The van der Waals surface area contributed by atoms with Gasteiger partial charge in [-0.25, -0.2) is 4.39 Å². The molecule has 0 heterocycles. The lowest BCUT2D eigenvalue weighted by atomic mass is 10.1. The maximum atomic E-state index is 13.4. The Bertz CT molecular complexity index is 499. The van der Waals surface area contributed by atoms with Gasteiger partial charge in [-0.15, -0.1) is 0 Å². The third kappa shape index (κ3) is 8.35. The van der Waals surface area contributed by atoms with Crippen LogP contribution in [0.15, 0.2) is 46.5 Å². The van der Waals surface area contributed by atoms with E-state index in [0.29, 0.717) is 6.42 Å². The number of ether oxygens (including phenoxy) is 1. The average molecular weight is 307 g/mol. The second-order valence-corrected chi connectivity index (χ2v) is 5.13. The van der Waals surface area contributed by atoms with E-state index in [1.807, 2.05) is 13.8 Å². The quantitative estimate of drug-likeness (QED) is 0.423. The minimum Gasteiger partial charge on any atom is -0.494 e. The summed E-state index contributed by atoms with van der Waals surface area (Å²) in [4.78, 5) is 10.3. The number of nitrogens with one attached hydrogen (secondary N) is 1. The van der Waals surface area contributed by atoms with Gasteiger partial charge in [0.2, 0.25) is 0 Å². The van der Waals surface area contributed by atoms with Crippen LogP contribution in [0.4, 0.5) is 4.39 Å². The summed E-state index contributed by atoms with van der Waals surface area (Å²) in [6.45, 7) is 6.00. The zero-order valence-electron chi connectivity index (χ0n) is 13.9. The third-order valence-corrected chi connectivity index (χ3v) is 3.19. The van der Waals surface area contributed by atoms with Gasteiger partial charge in [-0.05, 0) is 58.4 Å². The van der Waals surface area contributed by atoms with E-state index in [2.05, 4.69) is 13.0 Å². The van der Waals surface area contributed by atoms with Crippen LogP contribution in [-0.2, 0) is 9.53 Å². The molecule has 122 valence electrons. The molecule has 1 rings (SSSR count). The summed E-state index contributed by atoms with van der Waals surface area (Å²) >= 11 is 0. The van der Waals surface area contributed by atoms with Gasteiger partial charge < -0.3 is 14.9 Å². The molecular formula is C18H26FNO2. The van der Waals surface area contributed by atoms with E-state index in [0.717, 1.165) is 30.3 Å². The normalized spacial score (nSPS) is 15.0. The first-order valence-electron chi connectivity index (χ1n) is 7.33. The molecule has 0 aliphatic heterocycles. The van der Waals surface area contributed by atoms with Gasteiger partial charge in [-0.3, -0.25) is 0 Å². The molecule has 0 unspecified atom stereocenters. The third-order valence-electron chi connectivity index (χ3n) is 3.19. The van der Waals surface area contributed by atoms with Crippen molar-refractivity contribution in [2.75, 3.05) is 7.11 Å². The average Bonchev–Trinajstić information content (AvgIpc) is 2.63. The highest BCUT2D eigenvalue weighted by atomic mass is 19.1. The van der Waals surface area contributed by atoms with Crippen LogP contribution >= 0.6 is 0 Å². The molecule has 0 amide bonds. The Balaban J connectivity index is 0.000000472. The molecule has 1 N–H and O–H groups in total. The highest BCUT2D eigenvalue weighted by molar-refractivity contribution is 5.56. The molecule has 0 radical (unpaired) electrons. The molecular weight excluding hydrogens is 281 g/mol. The fraction of sp³-hybridized carbons (Fsp3) is 0.444. The van der Waals surface area contributed by atoms with Crippen LogP contribution in [0.2, 0.25) is 0 Å². The standard InChI is InChI=1S/C11H13FO2.C7H13N/c1-8-5-9(3-4-13)7-10(12)11(6-8)14-2;1-3-7(2)5-4-6-8/h4,6-7H,3,5H2,1-2H3;3,6,8H,4-5H2,1-2H3/b;7-3-,8-6?. The molecule has 0 fully saturated rings. The Morgan fingerprint density at radius 2 is 2.14 bits per heavy atom. The van der Waals surface area contributed by atoms with E-state index in [1.54, 1.807) is 6.08 Å². The summed E-state index contributed by atoms with van der Waals surface area (Å²) in [5.41, 5.74) is 3.13. The molecule has 0 bridgehead atoms. The predicted octanol–water partition coefficient (Wildman–Crippen LogP) is 5.06. The molecule has 22 heavy (non-hydrogen) atoms. The van der Waals surface area contributed by atoms with E-state index >= 15 is 0 Å². The predicted molar refractivity (Wildman–Crippen MR) is 89.7 cm³/mol. The van der Waals surface area contributed by atoms with Crippen LogP contribution in [0.5, 0.6) is 0 Å². The van der Waals surface area contributed by atoms with Gasteiger partial charge in [-0.1, -0.05) is 22.8 Å². The van der Waals surface area contributed by atoms with E-state index in [9.17, 15) is 9.18 Å². The molecule has 0 saturated carbocycles. The van der Waals surface area contributed by atoms with Crippen molar-refractivity contribution in [3.05, 3.63) is 46.5 Å². The first-order chi connectivity index (χ1) is 10.5. The lowest BCUT2D eigenvalue weighted by molar-refractivity contribution is -0.107. The summed E-state index contributed by atoms with van der Waals surface area (Å²) < 4.78 is 18.2. The molecule has 1 aliphatic carbocycles. The maximum absolute atomic E-state index is 13.4. The number of carbonyl (C=O) groups excluding carboxylic acids is 1. The van der Waals surface area contributed by atoms with Crippen molar-refractivity contribution in [3.63, 3.8) is 0 Å². The molecule has 0 aromatic carbocycles. The molecule has 0 aromatic heterocycles. The summed E-state index contributed by atoms with van der Waals surface area (Å²) in [6, 6.07) is 0. The second-order valence-electron chi connectivity index (χ2n) is 5.13. The molecule has 3 nitrogen and oxygen atoms in total. The number of allylic oxidation sites excluding steroid dienone is 7. The lowest BCUT2D eigenvalue weighted by Gasteiger charge is -2.00. The second kappa shape index (κ2) is 11.7. The number of carbonyl (C=O) groups is 1. The number of rotatable bonds is 6. The minimum absolute atomic E-state index is 0.225. The fourth-order valence-electron chi connectivity index (χ4n) is 1.84. The SMILES string of the molecule is C/C=C(/C)CCC=N.COC1=C(F)C=C(CC=O)CC(C)=C1. The van der Waals surface area contributed by atoms with Gasteiger partial charge in [-0.2, -0.15) is 0 Å². The molecule has 1 aliphatic rings. The minimum atomic E-state index is -0.416. The Kier molecular flexibility index (Phi) is 10.6. The van der Waals surface area contributed by atoms with Gasteiger partial charge in [0.15, 0.2) is 11.6 Å². The van der Waals surface area contributed by atoms with Crippen LogP contribution < -0.4 is 0 Å². The summed E-state index contributed by atoms with van der Waals surface area (Å²) in [5.74, 6) is -0.190. The molecule has 4 heteroatoms. The van der Waals surface area contributed by atoms with Gasteiger partial charge in [0.1, 0.15) is 6.29 Å². The van der Waals surface area contributed by atoms with Crippen molar-refractivity contribution in [2.24, 2.45) is 0 Å². The summed E-state index contributed by atoms with van der Waals surface area (Å²) in [5, 5.41) is 6.72. The first kappa shape index (κ1) is 20.0. The monoisotopic (exact) mass is 307 g/mol. The molecule has 0 spiro atoms. The summed E-state index contributed by atoms with van der Waals surface area (Å²) in [7, 11) is 1.43. The smallest absolute Gasteiger partial charge is 0.165 e. The molecule has 0 aromatic rings. The number of hydrogen-bond acceptors (Lipinski definition) is 3. The van der Waals surface area contributed by atoms with E-state index in [-0.39, 0.29) is 12.2 Å². The van der Waals surface area contributed by atoms with Crippen molar-refractivity contribution in [3.8, 4) is 0 Å². The summed E-state index contributed by atoms with van der Waals surface area (Å²) in [6.07, 6.45) is 10.2. The molecule has 0 atom stereocenters. The van der Waals surface area contributed by atoms with Gasteiger partial charge in [0.05, 0.1) is 7.11 Å². The van der Waals surface area contributed by atoms with Crippen molar-refractivity contribution >= 4 is 12.5 Å². The zero-order valence-corrected chi connectivity index (χ0v) is 13.9. The van der Waals surface area contributed by atoms with Crippen molar-refractivity contribution in [2.45, 2.75) is 46.5 Å². The Morgan fingerprint density at radius 1 is 1.45 bits per heavy atom. The Labute approximate surface area is 132 Å². The van der Waals surface area contributed by atoms with Gasteiger partial charge in [0.25, 0.3) is 0 Å². The van der Waals surface area contributed by atoms with Crippen molar-refractivity contribution in [1.29, 1.82) is 5.41 Å². The highest BCUT2D eigenvalue weighted by Crippen LogP contribution is 2.24. The fourth-order valence-corrected chi connectivity index (χ4v) is 1.84. The van der Waals surface area contributed by atoms with Crippen LogP contribution in [0, 0.1) is 5.41 Å². The van der Waals surface area contributed by atoms with Crippen LogP contribution in [-0.4, -0.2) is 19.6 Å². The number of halogens is 1. The Morgan fingerprint density at radius 3 is 2.64 bits per heavy atom. The largest absolute Gasteiger partial charge is 0.494 e. The zero-order chi connectivity index (χ0) is 17.0. The van der Waals surface area contributed by atoms with Crippen molar-refractivity contribution in [1.82, 2.24) is 0 Å². The Hall–Kier alpha value is -1.97. The number of aldehydes is 1. The number of methoxy groups -OCH3 is 1. The van der Waals surface area contributed by atoms with E-state index in [1.165, 1.54) is 25.0 Å². The van der Waals surface area contributed by atoms with E-state index < -0.39 is 5.83 Å². The number of hydrogen-bond donors (Lipinski definition) is 1. The topological polar surface area (TPSA) is 50.1 Å². The first-order valence-corrected chi connectivity index (χ1v) is 7.33. The van der Waals surface area contributed by atoms with Crippen LogP contribution in [0.1, 0.15) is 46.5 Å². The van der Waals surface area contributed by atoms with Crippen LogP contribution in [0.3, 0.4) is 0 Å². The molecule has 0 saturated heterocycles. The lowest BCUT2D eigenvalue weighted by Crippen LogP contribution is -1.85. The maximum Gasteiger partial charge on any atom is 0.165 e. The van der Waals surface area contributed by atoms with Crippen molar-refractivity contribution < 1.29 is 13.9 Å². The van der Waals surface area contributed by atoms with Crippen LogP contribution in [0.25, 0.3) is 0 Å². The van der Waals surface area contributed by atoms with E-state index in [4.69, 9.17) is 10.1 Å². The van der Waals surface area contributed by atoms with Gasteiger partial charge >= 0.3 is 0 Å². The highest BCUT2D eigenvalue weighted by Gasteiger charge is 2.10. The van der Waals surface area contributed by atoms with Gasteiger partial charge in [0, 0.05) is 6.42 Å².